The van der Waals surface area contributed by atoms with Crippen LogP contribution in [0.15, 0.2) is 47.0 Å². The molecule has 1 fully saturated rings. The Bertz CT molecular complexity index is 907. The van der Waals surface area contributed by atoms with E-state index in [0.717, 1.165) is 37.6 Å². The molecule has 4 rings (SSSR count). The van der Waals surface area contributed by atoms with Crippen LogP contribution in [0.25, 0.3) is 11.5 Å². The lowest BCUT2D eigenvalue weighted by atomic mass is 10.2. The molecule has 8 nitrogen and oxygen atoms in total. The largest absolute Gasteiger partial charge is 0.493 e. The maximum absolute atomic E-state index is 5.87. The number of pyridine rings is 1. The number of piperazine rings is 1. The smallest absolute Gasteiger partial charge is 0.247 e. The zero-order chi connectivity index (χ0) is 19.3. The van der Waals surface area contributed by atoms with E-state index in [1.165, 1.54) is 0 Å². The first-order valence-corrected chi connectivity index (χ1v) is 9.20. The van der Waals surface area contributed by atoms with E-state index in [0.29, 0.717) is 29.8 Å². The van der Waals surface area contributed by atoms with Gasteiger partial charge in [0.15, 0.2) is 11.5 Å². The molecule has 0 amide bonds. The summed E-state index contributed by atoms with van der Waals surface area (Å²) in [6.07, 6.45) is 1.83. The van der Waals surface area contributed by atoms with Gasteiger partial charge in [0, 0.05) is 37.9 Å². The van der Waals surface area contributed by atoms with E-state index in [1.54, 1.807) is 14.2 Å². The summed E-state index contributed by atoms with van der Waals surface area (Å²) in [5.41, 5.74) is 0.802. The third-order valence-electron chi connectivity index (χ3n) is 4.80. The number of rotatable bonds is 6. The SMILES string of the molecule is COc1ccc(-c2nnc(CN3CCN(c4ccccn4)CC3)o2)cc1OC. The van der Waals surface area contributed by atoms with Crippen molar-refractivity contribution < 1.29 is 13.9 Å². The molecule has 0 atom stereocenters. The van der Waals surface area contributed by atoms with E-state index < -0.39 is 0 Å². The Morgan fingerprint density at radius 1 is 0.964 bits per heavy atom. The number of hydrogen-bond donors (Lipinski definition) is 0. The quantitative estimate of drug-likeness (QED) is 0.645. The van der Waals surface area contributed by atoms with Crippen molar-refractivity contribution in [3.63, 3.8) is 0 Å². The van der Waals surface area contributed by atoms with Gasteiger partial charge in [-0.2, -0.15) is 0 Å². The van der Waals surface area contributed by atoms with Gasteiger partial charge >= 0.3 is 0 Å². The second-order valence-electron chi connectivity index (χ2n) is 6.52. The molecule has 8 heteroatoms. The summed E-state index contributed by atoms with van der Waals surface area (Å²) in [6.45, 7) is 4.33. The summed E-state index contributed by atoms with van der Waals surface area (Å²) in [7, 11) is 3.21. The molecule has 146 valence electrons. The zero-order valence-corrected chi connectivity index (χ0v) is 16.0. The van der Waals surface area contributed by atoms with Crippen molar-refractivity contribution in [1.82, 2.24) is 20.1 Å². The minimum absolute atomic E-state index is 0.475. The topological polar surface area (TPSA) is 76.8 Å². The molecule has 0 N–H and O–H groups in total. The van der Waals surface area contributed by atoms with E-state index in [-0.39, 0.29) is 0 Å². The Kier molecular flexibility index (Phi) is 5.38. The van der Waals surface area contributed by atoms with Crippen LogP contribution in [0.1, 0.15) is 5.89 Å². The van der Waals surface area contributed by atoms with Gasteiger partial charge in [-0.05, 0) is 30.3 Å². The summed E-state index contributed by atoms with van der Waals surface area (Å²) in [5, 5.41) is 8.39. The monoisotopic (exact) mass is 381 g/mol. The van der Waals surface area contributed by atoms with E-state index in [2.05, 4.69) is 25.0 Å². The maximum atomic E-state index is 5.87. The van der Waals surface area contributed by atoms with Gasteiger partial charge in [0.05, 0.1) is 20.8 Å². The highest BCUT2D eigenvalue weighted by Gasteiger charge is 2.20. The van der Waals surface area contributed by atoms with E-state index >= 15 is 0 Å². The number of hydrogen-bond acceptors (Lipinski definition) is 8. The molecular weight excluding hydrogens is 358 g/mol. The average molecular weight is 381 g/mol. The standard InChI is InChI=1S/C20H23N5O3/c1-26-16-7-6-15(13-17(16)27-2)20-23-22-19(28-20)14-24-9-11-25(12-10-24)18-5-3-4-8-21-18/h3-8,13H,9-12,14H2,1-2H3. The molecule has 28 heavy (non-hydrogen) atoms. The molecule has 0 saturated carbocycles. The number of nitrogens with zero attached hydrogens (tertiary/aromatic N) is 5. The van der Waals surface area contributed by atoms with Crippen LogP contribution in [0.4, 0.5) is 5.82 Å². The van der Waals surface area contributed by atoms with Crippen molar-refractivity contribution in [2.45, 2.75) is 6.54 Å². The summed E-state index contributed by atoms with van der Waals surface area (Å²) in [5.74, 6) is 3.40. The Morgan fingerprint density at radius 2 is 1.79 bits per heavy atom. The van der Waals surface area contributed by atoms with E-state index in [4.69, 9.17) is 13.9 Å². The van der Waals surface area contributed by atoms with Gasteiger partial charge in [-0.3, -0.25) is 4.90 Å². The molecule has 0 unspecified atom stereocenters. The highest BCUT2D eigenvalue weighted by molar-refractivity contribution is 5.59. The van der Waals surface area contributed by atoms with Gasteiger partial charge < -0.3 is 18.8 Å². The van der Waals surface area contributed by atoms with Crippen molar-refractivity contribution in [2.24, 2.45) is 0 Å². The van der Waals surface area contributed by atoms with E-state index in [9.17, 15) is 0 Å². The van der Waals surface area contributed by atoms with Gasteiger partial charge in [0.25, 0.3) is 0 Å². The fourth-order valence-electron chi connectivity index (χ4n) is 3.27. The molecule has 2 aromatic heterocycles. The average Bonchev–Trinajstić information content (AvgIpc) is 3.23. The summed E-state index contributed by atoms with van der Waals surface area (Å²) >= 11 is 0. The first-order valence-electron chi connectivity index (χ1n) is 9.20. The normalized spacial score (nSPS) is 14.9. The van der Waals surface area contributed by atoms with Gasteiger partial charge in [-0.1, -0.05) is 6.07 Å². The Balaban J connectivity index is 1.38. The second-order valence-corrected chi connectivity index (χ2v) is 6.52. The second kappa shape index (κ2) is 8.26. The van der Waals surface area contributed by atoms with Gasteiger partial charge in [0.1, 0.15) is 5.82 Å². The summed E-state index contributed by atoms with van der Waals surface area (Å²) in [4.78, 5) is 9.02. The minimum Gasteiger partial charge on any atom is -0.493 e. The van der Waals surface area contributed by atoms with Crippen LogP contribution in [-0.4, -0.2) is 60.5 Å². The Hall–Kier alpha value is -3.13. The molecule has 3 aromatic rings. The van der Waals surface area contributed by atoms with Crippen LogP contribution in [0.5, 0.6) is 11.5 Å². The maximum Gasteiger partial charge on any atom is 0.247 e. The number of methoxy groups -OCH3 is 2. The predicted molar refractivity (Wildman–Crippen MR) is 105 cm³/mol. The molecule has 1 saturated heterocycles. The molecule has 1 aliphatic rings. The Morgan fingerprint density at radius 3 is 2.50 bits per heavy atom. The van der Waals surface area contributed by atoms with Crippen molar-refractivity contribution in [2.75, 3.05) is 45.3 Å². The first kappa shape index (κ1) is 18.2. The molecule has 0 aliphatic carbocycles. The minimum atomic E-state index is 0.475. The van der Waals surface area contributed by atoms with Crippen molar-refractivity contribution in [3.05, 3.63) is 48.5 Å². The first-order chi connectivity index (χ1) is 13.8. The third-order valence-corrected chi connectivity index (χ3v) is 4.80. The lowest BCUT2D eigenvalue weighted by Gasteiger charge is -2.34. The zero-order valence-electron chi connectivity index (χ0n) is 16.0. The molecule has 0 radical (unpaired) electrons. The lowest BCUT2D eigenvalue weighted by molar-refractivity contribution is 0.226. The van der Waals surface area contributed by atoms with Gasteiger partial charge in [-0.25, -0.2) is 4.98 Å². The van der Waals surface area contributed by atoms with Crippen LogP contribution < -0.4 is 14.4 Å². The molecular formula is C20H23N5O3. The predicted octanol–water partition coefficient (Wildman–Crippen LogP) is 2.47. The number of aromatic nitrogens is 3. The highest BCUT2D eigenvalue weighted by Crippen LogP contribution is 2.31. The summed E-state index contributed by atoms with van der Waals surface area (Å²) < 4.78 is 16.5. The number of anilines is 1. The highest BCUT2D eigenvalue weighted by atomic mass is 16.5. The van der Waals surface area contributed by atoms with Crippen LogP contribution in [0, 0.1) is 0 Å². The van der Waals surface area contributed by atoms with Crippen LogP contribution >= 0.6 is 0 Å². The van der Waals surface area contributed by atoms with Crippen LogP contribution in [-0.2, 0) is 6.54 Å². The van der Waals surface area contributed by atoms with Gasteiger partial charge in [0.2, 0.25) is 11.8 Å². The van der Waals surface area contributed by atoms with E-state index in [1.807, 2.05) is 42.6 Å². The Labute approximate surface area is 163 Å². The fourth-order valence-corrected chi connectivity index (χ4v) is 3.27. The van der Waals surface area contributed by atoms with Crippen LogP contribution in [0.2, 0.25) is 0 Å². The van der Waals surface area contributed by atoms with Gasteiger partial charge in [-0.15, -0.1) is 10.2 Å². The van der Waals surface area contributed by atoms with Crippen molar-refractivity contribution in [1.29, 1.82) is 0 Å². The molecule has 0 spiro atoms. The van der Waals surface area contributed by atoms with Crippen molar-refractivity contribution in [3.8, 4) is 23.0 Å². The summed E-state index contributed by atoms with van der Waals surface area (Å²) in [6, 6.07) is 11.5. The lowest BCUT2D eigenvalue weighted by Crippen LogP contribution is -2.46. The molecule has 0 bridgehead atoms. The molecule has 1 aliphatic heterocycles. The number of ether oxygens (including phenoxy) is 2. The fraction of sp³-hybridized carbons (Fsp3) is 0.350. The number of benzene rings is 1. The van der Waals surface area contributed by atoms with Crippen LogP contribution in [0.3, 0.4) is 0 Å². The van der Waals surface area contributed by atoms with Crippen molar-refractivity contribution >= 4 is 5.82 Å². The molecule has 3 heterocycles. The third kappa shape index (κ3) is 3.91. The molecule has 1 aromatic carbocycles.